The first-order chi connectivity index (χ1) is 19.7. The second-order valence-corrected chi connectivity index (χ2v) is 10.6. The molecule has 1 saturated carbocycles. The number of amides is 3. The Kier molecular flexibility index (Phi) is 8.34. The van der Waals surface area contributed by atoms with E-state index >= 15 is 0 Å². The number of β-amino-alcohol motifs (C(OH)–C–C–N with tert-alkyl or cyclic N) is 1. The van der Waals surface area contributed by atoms with Crippen molar-refractivity contribution in [1.29, 1.82) is 0 Å². The highest BCUT2D eigenvalue weighted by Gasteiger charge is 2.39. The fraction of sp³-hybridized carbons (Fsp3) is 0.400. The van der Waals surface area contributed by atoms with E-state index in [0.29, 0.717) is 34.9 Å². The summed E-state index contributed by atoms with van der Waals surface area (Å²) in [5.41, 5.74) is 1.28. The van der Waals surface area contributed by atoms with Crippen molar-refractivity contribution in [1.82, 2.24) is 20.5 Å². The van der Waals surface area contributed by atoms with E-state index in [0.717, 1.165) is 18.4 Å². The number of carbonyl (C=O) groups excluding carboxylic acids is 3. The number of aromatic nitrogens is 1. The molecule has 2 aromatic carbocycles. The van der Waals surface area contributed by atoms with Crippen LogP contribution in [0, 0.1) is 11.7 Å². The zero-order valence-corrected chi connectivity index (χ0v) is 22.9. The Morgan fingerprint density at radius 1 is 1.15 bits per heavy atom. The van der Waals surface area contributed by atoms with Crippen LogP contribution in [0.15, 0.2) is 48.5 Å². The first-order valence-electron chi connectivity index (χ1n) is 13.6. The number of pyridine rings is 1. The lowest BCUT2D eigenvalue weighted by Gasteiger charge is -2.26. The number of aliphatic hydroxyl groups excluding tert-OH is 1. The molecular weight excluding hydrogens is 531 g/mol. The van der Waals surface area contributed by atoms with Crippen LogP contribution in [0.3, 0.4) is 0 Å². The molecule has 3 aromatic rings. The van der Waals surface area contributed by atoms with Crippen LogP contribution in [0.1, 0.15) is 48.3 Å². The van der Waals surface area contributed by atoms with E-state index in [9.17, 15) is 23.9 Å². The van der Waals surface area contributed by atoms with Gasteiger partial charge >= 0.3 is 0 Å². The quantitative estimate of drug-likeness (QED) is 0.345. The molecule has 3 N–H and O–H groups in total. The minimum Gasteiger partial charge on any atom is -0.497 e. The summed E-state index contributed by atoms with van der Waals surface area (Å²) in [4.78, 5) is 44.5. The van der Waals surface area contributed by atoms with E-state index in [4.69, 9.17) is 9.47 Å². The molecule has 1 aliphatic heterocycles. The zero-order chi connectivity index (χ0) is 29.1. The summed E-state index contributed by atoms with van der Waals surface area (Å²) in [7, 11) is 1.57. The molecule has 3 amide bonds. The van der Waals surface area contributed by atoms with Crippen molar-refractivity contribution >= 4 is 28.6 Å². The molecule has 0 spiro atoms. The molecule has 1 aliphatic carbocycles. The predicted octanol–water partition coefficient (Wildman–Crippen LogP) is 2.74. The largest absolute Gasteiger partial charge is 0.497 e. The lowest BCUT2D eigenvalue weighted by atomic mass is 10.1. The van der Waals surface area contributed by atoms with Gasteiger partial charge in [-0.25, -0.2) is 9.37 Å². The first-order valence-corrected chi connectivity index (χ1v) is 13.6. The number of fused-ring (bicyclic) bond motifs is 1. The number of hydrogen-bond donors (Lipinski definition) is 3. The second kappa shape index (κ2) is 12.1. The van der Waals surface area contributed by atoms with Gasteiger partial charge in [-0.1, -0.05) is 6.07 Å². The summed E-state index contributed by atoms with van der Waals surface area (Å²) in [5.74, 6) is -0.112. The van der Waals surface area contributed by atoms with Crippen LogP contribution >= 0.6 is 0 Å². The van der Waals surface area contributed by atoms with Crippen LogP contribution in [0.2, 0.25) is 0 Å². The Bertz CT molecular complexity index is 1460. The second-order valence-electron chi connectivity index (χ2n) is 10.6. The Morgan fingerprint density at radius 3 is 2.71 bits per heavy atom. The highest BCUT2D eigenvalue weighted by Crippen LogP contribution is 2.34. The molecule has 5 rings (SSSR count). The van der Waals surface area contributed by atoms with Gasteiger partial charge in [-0.2, -0.15) is 0 Å². The lowest BCUT2D eigenvalue weighted by Crippen LogP contribution is -2.49. The number of hydrogen-bond acceptors (Lipinski definition) is 7. The van der Waals surface area contributed by atoms with Gasteiger partial charge in [0.15, 0.2) is 0 Å². The van der Waals surface area contributed by atoms with E-state index in [1.807, 2.05) is 13.0 Å². The number of likely N-dealkylation sites (tertiary alicyclic amines) is 1. The van der Waals surface area contributed by atoms with Crippen molar-refractivity contribution in [3.05, 3.63) is 65.6 Å². The summed E-state index contributed by atoms with van der Waals surface area (Å²) < 4.78 is 24.8. The van der Waals surface area contributed by atoms with Crippen LogP contribution in [0.4, 0.5) is 4.39 Å². The number of ether oxygens (including phenoxy) is 2. The average molecular weight is 565 g/mol. The standard InChI is InChI=1S/C30H33FN4O6/c1-17(23-8-7-22(40-2)13-27(23)41-16-18-3-4-18)33-30(39)26-12-21(36)15-35(26)28(37)14-32-29(38)25-9-5-19-11-20(31)6-10-24(19)34-25/h5-11,13,17-18,21,26,36H,3-4,12,14-16H2,1-2H3,(H,32,38)(H,33,39)/t17-,21-,26+/m1/s1. The highest BCUT2D eigenvalue weighted by molar-refractivity contribution is 5.97. The van der Waals surface area contributed by atoms with Crippen LogP contribution in [-0.4, -0.2) is 71.7 Å². The zero-order valence-electron chi connectivity index (χ0n) is 22.9. The molecule has 216 valence electrons. The summed E-state index contributed by atoms with van der Waals surface area (Å²) >= 11 is 0. The molecule has 2 fully saturated rings. The third-order valence-electron chi connectivity index (χ3n) is 7.40. The molecule has 2 heterocycles. The molecule has 3 atom stereocenters. The van der Waals surface area contributed by atoms with Gasteiger partial charge in [-0.15, -0.1) is 0 Å². The van der Waals surface area contributed by atoms with Gasteiger partial charge in [0.25, 0.3) is 5.91 Å². The van der Waals surface area contributed by atoms with Gasteiger partial charge in [0, 0.05) is 30.0 Å². The lowest BCUT2D eigenvalue weighted by molar-refractivity contribution is -0.138. The smallest absolute Gasteiger partial charge is 0.270 e. The van der Waals surface area contributed by atoms with Gasteiger partial charge in [0.2, 0.25) is 11.8 Å². The minimum absolute atomic E-state index is 0.0285. The fourth-order valence-electron chi connectivity index (χ4n) is 4.91. The molecular formula is C30H33FN4O6. The first kappa shape index (κ1) is 28.3. The van der Waals surface area contributed by atoms with E-state index in [-0.39, 0.29) is 25.2 Å². The summed E-state index contributed by atoms with van der Waals surface area (Å²) in [6, 6.07) is 11.1. The molecule has 0 radical (unpaired) electrons. The van der Waals surface area contributed by atoms with Crippen LogP contribution in [0.25, 0.3) is 10.9 Å². The van der Waals surface area contributed by atoms with E-state index in [2.05, 4.69) is 15.6 Å². The fourth-order valence-corrected chi connectivity index (χ4v) is 4.91. The maximum absolute atomic E-state index is 13.4. The third-order valence-corrected chi connectivity index (χ3v) is 7.40. The number of benzene rings is 2. The topological polar surface area (TPSA) is 130 Å². The van der Waals surface area contributed by atoms with E-state index in [1.165, 1.54) is 29.2 Å². The number of nitrogens with one attached hydrogen (secondary N) is 2. The summed E-state index contributed by atoms with van der Waals surface area (Å²) in [5, 5.41) is 16.3. The Morgan fingerprint density at radius 2 is 1.95 bits per heavy atom. The Balaban J connectivity index is 1.21. The van der Waals surface area contributed by atoms with Gasteiger partial charge in [0.05, 0.1) is 37.9 Å². The van der Waals surface area contributed by atoms with Gasteiger partial charge in [-0.3, -0.25) is 14.4 Å². The molecule has 1 aromatic heterocycles. The van der Waals surface area contributed by atoms with Crippen molar-refractivity contribution < 1.29 is 33.4 Å². The van der Waals surface area contributed by atoms with Crippen LogP contribution < -0.4 is 20.1 Å². The summed E-state index contributed by atoms with van der Waals surface area (Å²) in [6.07, 6.45) is 1.48. The van der Waals surface area contributed by atoms with Crippen molar-refractivity contribution in [2.24, 2.45) is 5.92 Å². The molecule has 2 aliphatic rings. The number of methoxy groups -OCH3 is 1. The van der Waals surface area contributed by atoms with E-state index in [1.54, 1.807) is 25.3 Å². The molecule has 10 nitrogen and oxygen atoms in total. The predicted molar refractivity (Wildman–Crippen MR) is 148 cm³/mol. The molecule has 11 heteroatoms. The third kappa shape index (κ3) is 6.74. The Labute approximate surface area is 236 Å². The molecule has 41 heavy (non-hydrogen) atoms. The number of nitrogens with zero attached hydrogens (tertiary/aromatic N) is 2. The van der Waals surface area contributed by atoms with Crippen LogP contribution in [0.5, 0.6) is 11.5 Å². The summed E-state index contributed by atoms with van der Waals surface area (Å²) in [6.45, 7) is 2.01. The highest BCUT2D eigenvalue weighted by atomic mass is 19.1. The molecule has 0 unspecified atom stereocenters. The monoisotopic (exact) mass is 564 g/mol. The van der Waals surface area contributed by atoms with Gasteiger partial charge < -0.3 is 30.1 Å². The maximum atomic E-state index is 13.4. The number of halogens is 1. The van der Waals surface area contributed by atoms with Crippen molar-refractivity contribution in [2.75, 3.05) is 26.8 Å². The number of rotatable bonds is 10. The van der Waals surface area contributed by atoms with E-state index < -0.39 is 41.7 Å². The minimum atomic E-state index is -0.903. The van der Waals surface area contributed by atoms with Crippen molar-refractivity contribution in [3.63, 3.8) is 0 Å². The molecule has 0 bridgehead atoms. The Hall–Kier alpha value is -4.25. The number of aliphatic hydroxyl groups is 1. The molecule has 1 saturated heterocycles. The van der Waals surface area contributed by atoms with Crippen molar-refractivity contribution in [3.8, 4) is 11.5 Å². The van der Waals surface area contributed by atoms with Gasteiger partial charge in [-0.05, 0) is 62.1 Å². The van der Waals surface area contributed by atoms with Gasteiger partial charge in [0.1, 0.15) is 29.1 Å². The van der Waals surface area contributed by atoms with Crippen LogP contribution in [-0.2, 0) is 9.59 Å². The van der Waals surface area contributed by atoms with Crippen molar-refractivity contribution in [2.45, 2.75) is 44.4 Å². The SMILES string of the molecule is COc1ccc([C@@H](C)NC(=O)[C@@H]2C[C@@H](O)CN2C(=O)CNC(=O)c2ccc3cc(F)ccc3n2)c(OCC2CC2)c1. The number of carbonyl (C=O) groups is 3. The average Bonchev–Trinajstić information content (AvgIpc) is 3.72. The normalized spacial score (nSPS) is 19.1. The maximum Gasteiger partial charge on any atom is 0.270 e.